The molecule has 0 aromatic rings. The molecule has 0 N–H and O–H groups in total. The van der Waals surface area contributed by atoms with Crippen LogP contribution >= 0.6 is 0 Å². The zero-order valence-electron chi connectivity index (χ0n) is 12.0. The summed E-state index contributed by atoms with van der Waals surface area (Å²) >= 11 is 0. The molecule has 0 fully saturated rings. The first-order valence-electron chi connectivity index (χ1n) is 6.16. The van der Waals surface area contributed by atoms with Gasteiger partial charge in [-0.15, -0.1) is 0 Å². The molecule has 16 heavy (non-hydrogen) atoms. The van der Waals surface area contributed by atoms with E-state index in [9.17, 15) is 0 Å². The predicted molar refractivity (Wildman–Crippen MR) is 72.0 cm³/mol. The van der Waals surface area contributed by atoms with E-state index in [0.29, 0.717) is 11.3 Å². The van der Waals surface area contributed by atoms with Gasteiger partial charge in [-0.1, -0.05) is 48.1 Å². The highest BCUT2D eigenvalue weighted by Crippen LogP contribution is 2.46. The molecule has 1 unspecified atom stereocenters. The Balaban J connectivity index is 3.17. The van der Waals surface area contributed by atoms with E-state index in [4.69, 9.17) is 0 Å². The topological polar surface area (TPSA) is 3.24 Å². The van der Waals surface area contributed by atoms with E-state index in [0.717, 1.165) is 6.42 Å². The van der Waals surface area contributed by atoms with Gasteiger partial charge in [0.25, 0.3) is 0 Å². The number of nitrogens with zero attached hydrogens (tertiary/aromatic N) is 1. The number of allylic oxidation sites excluding steroid dienone is 2. The summed E-state index contributed by atoms with van der Waals surface area (Å²) < 4.78 is 0. The van der Waals surface area contributed by atoms with Crippen molar-refractivity contribution >= 4 is 0 Å². The lowest BCUT2D eigenvalue weighted by Crippen LogP contribution is -2.35. The summed E-state index contributed by atoms with van der Waals surface area (Å²) in [6.07, 6.45) is 3.38. The molecule has 1 heteroatoms. The Hall–Kier alpha value is -0.720. The normalized spacial score (nSPS) is 23.4. The molecule has 0 aromatic carbocycles. The molecule has 0 bridgehead atoms. The predicted octanol–water partition coefficient (Wildman–Crippen LogP) is 4.43. The zero-order chi connectivity index (χ0) is 12.7. The Morgan fingerprint density at radius 2 is 1.69 bits per heavy atom. The third kappa shape index (κ3) is 2.69. The second kappa shape index (κ2) is 3.94. The summed E-state index contributed by atoms with van der Waals surface area (Å²) in [7, 11) is 2.10. The van der Waals surface area contributed by atoms with Crippen LogP contribution < -0.4 is 0 Å². The van der Waals surface area contributed by atoms with Crippen LogP contribution in [0, 0.1) is 16.7 Å². The first kappa shape index (κ1) is 13.3. The van der Waals surface area contributed by atoms with E-state index in [1.165, 1.54) is 5.70 Å². The van der Waals surface area contributed by atoms with Crippen LogP contribution in [0.1, 0.15) is 48.0 Å². The average molecular weight is 221 g/mol. The smallest absolute Gasteiger partial charge is 0.0109 e. The van der Waals surface area contributed by atoms with E-state index in [2.05, 4.69) is 66.3 Å². The van der Waals surface area contributed by atoms with Crippen LogP contribution in [0.15, 0.2) is 24.0 Å². The Morgan fingerprint density at radius 1 is 1.19 bits per heavy atom. The number of hydrogen-bond donors (Lipinski definition) is 0. The molecule has 92 valence electrons. The lowest BCUT2D eigenvalue weighted by molar-refractivity contribution is 0.213. The number of rotatable bonds is 0. The lowest BCUT2D eigenvalue weighted by Gasteiger charge is -2.44. The highest BCUT2D eigenvalue weighted by Gasteiger charge is 2.36. The van der Waals surface area contributed by atoms with Gasteiger partial charge >= 0.3 is 0 Å². The molecule has 0 aliphatic carbocycles. The largest absolute Gasteiger partial charge is 0.355 e. The molecule has 1 heterocycles. The van der Waals surface area contributed by atoms with E-state index in [-0.39, 0.29) is 5.41 Å². The van der Waals surface area contributed by atoms with Crippen LogP contribution in [0.3, 0.4) is 0 Å². The van der Waals surface area contributed by atoms with Gasteiger partial charge in [-0.05, 0) is 28.7 Å². The van der Waals surface area contributed by atoms with Crippen molar-refractivity contribution in [3.63, 3.8) is 0 Å². The highest BCUT2D eigenvalue weighted by molar-refractivity contribution is 5.24. The van der Waals surface area contributed by atoms with Gasteiger partial charge in [0, 0.05) is 18.9 Å². The summed E-state index contributed by atoms with van der Waals surface area (Å²) in [4.78, 5) is 2.18. The van der Waals surface area contributed by atoms with Crippen LogP contribution in [-0.4, -0.2) is 11.9 Å². The van der Waals surface area contributed by atoms with Crippen LogP contribution in [0.25, 0.3) is 0 Å². The van der Waals surface area contributed by atoms with Crippen molar-refractivity contribution in [1.29, 1.82) is 0 Å². The molecule has 1 rings (SSSR count). The minimum atomic E-state index is 0.243. The molecule has 0 spiro atoms. The van der Waals surface area contributed by atoms with Gasteiger partial charge in [-0.3, -0.25) is 0 Å². The molecule has 0 amide bonds. The van der Waals surface area contributed by atoms with Crippen LogP contribution in [0.5, 0.6) is 0 Å². The Morgan fingerprint density at radius 3 is 2.06 bits per heavy atom. The van der Waals surface area contributed by atoms with E-state index in [1.54, 1.807) is 5.57 Å². The molecule has 1 nitrogen and oxygen atoms in total. The van der Waals surface area contributed by atoms with Gasteiger partial charge in [-0.2, -0.15) is 0 Å². The van der Waals surface area contributed by atoms with Gasteiger partial charge < -0.3 is 4.90 Å². The van der Waals surface area contributed by atoms with E-state index in [1.807, 2.05) is 0 Å². The molecule has 0 aromatic heterocycles. The van der Waals surface area contributed by atoms with Crippen molar-refractivity contribution in [3.05, 3.63) is 24.0 Å². The fourth-order valence-corrected chi connectivity index (χ4v) is 2.37. The van der Waals surface area contributed by atoms with Crippen molar-refractivity contribution in [2.45, 2.75) is 48.0 Å². The molecule has 1 atom stereocenters. The molecular formula is C15H27N. The SMILES string of the molecule is C=C1CC(C(C)(C)C)C(C(C)(C)C)=CN1C. The standard InChI is InChI=1S/C15H27N/c1-11-9-12(14(2,3)4)13(10-16(11)8)15(5,6)7/h10,12H,1,9H2,2-8H3. The second-order valence-corrected chi connectivity index (χ2v) is 7.13. The Bertz CT molecular complexity index is 309. The van der Waals surface area contributed by atoms with Gasteiger partial charge in [0.15, 0.2) is 0 Å². The minimum Gasteiger partial charge on any atom is -0.355 e. The third-order valence-electron chi connectivity index (χ3n) is 3.56. The first-order chi connectivity index (χ1) is 7.03. The number of hydrogen-bond acceptors (Lipinski definition) is 1. The molecule has 1 aliphatic heterocycles. The third-order valence-corrected chi connectivity index (χ3v) is 3.56. The van der Waals surface area contributed by atoms with Gasteiger partial charge in [0.05, 0.1) is 0 Å². The Labute approximate surface area is 101 Å². The van der Waals surface area contributed by atoms with Crippen molar-refractivity contribution in [3.8, 4) is 0 Å². The fourth-order valence-electron chi connectivity index (χ4n) is 2.37. The molecule has 0 radical (unpaired) electrons. The van der Waals surface area contributed by atoms with E-state index >= 15 is 0 Å². The molecule has 0 saturated heterocycles. The van der Waals surface area contributed by atoms with Crippen LogP contribution in [0.4, 0.5) is 0 Å². The zero-order valence-corrected chi connectivity index (χ0v) is 12.0. The maximum absolute atomic E-state index is 4.16. The van der Waals surface area contributed by atoms with E-state index < -0.39 is 0 Å². The maximum Gasteiger partial charge on any atom is 0.0109 e. The van der Waals surface area contributed by atoms with Crippen molar-refractivity contribution in [2.75, 3.05) is 7.05 Å². The summed E-state index contributed by atoms with van der Waals surface area (Å²) in [6.45, 7) is 18.1. The Kier molecular flexibility index (Phi) is 3.29. The van der Waals surface area contributed by atoms with Gasteiger partial charge in [-0.25, -0.2) is 0 Å². The maximum atomic E-state index is 4.16. The molecule has 1 aliphatic rings. The monoisotopic (exact) mass is 221 g/mol. The van der Waals surface area contributed by atoms with Gasteiger partial charge in [0.1, 0.15) is 0 Å². The second-order valence-electron chi connectivity index (χ2n) is 7.13. The molecule has 0 saturated carbocycles. The quantitative estimate of drug-likeness (QED) is 0.585. The summed E-state index contributed by atoms with van der Waals surface area (Å²) in [5.41, 5.74) is 3.33. The van der Waals surface area contributed by atoms with Gasteiger partial charge in [0.2, 0.25) is 0 Å². The first-order valence-corrected chi connectivity index (χ1v) is 6.16. The fraction of sp³-hybridized carbons (Fsp3) is 0.733. The lowest BCUT2D eigenvalue weighted by atomic mass is 9.66. The summed E-state index contributed by atoms with van der Waals surface area (Å²) in [6, 6.07) is 0. The summed E-state index contributed by atoms with van der Waals surface area (Å²) in [5.74, 6) is 0.608. The van der Waals surface area contributed by atoms with Crippen LogP contribution in [-0.2, 0) is 0 Å². The highest BCUT2D eigenvalue weighted by atomic mass is 15.1. The van der Waals surface area contributed by atoms with Crippen LogP contribution in [0.2, 0.25) is 0 Å². The van der Waals surface area contributed by atoms with Crippen molar-refractivity contribution in [2.24, 2.45) is 16.7 Å². The van der Waals surface area contributed by atoms with Crippen molar-refractivity contribution in [1.82, 2.24) is 4.90 Å². The average Bonchev–Trinajstić information content (AvgIpc) is 2.05. The summed E-state index contributed by atoms with van der Waals surface area (Å²) in [5, 5.41) is 0. The molecular weight excluding hydrogens is 194 g/mol. The van der Waals surface area contributed by atoms with Crippen molar-refractivity contribution < 1.29 is 0 Å². The minimum absolute atomic E-state index is 0.243.